The first-order valence-electron chi connectivity index (χ1n) is 5.49. The van der Waals surface area contributed by atoms with Crippen molar-refractivity contribution < 1.29 is 9.53 Å². The number of ether oxygens (including phenoxy) is 1. The minimum Gasteiger partial charge on any atom is -0.492 e. The van der Waals surface area contributed by atoms with Crippen LogP contribution in [0.15, 0.2) is 43.0 Å². The number of urea groups is 1. The van der Waals surface area contributed by atoms with Gasteiger partial charge >= 0.3 is 6.03 Å². The summed E-state index contributed by atoms with van der Waals surface area (Å²) in [5.41, 5.74) is 5.65. The molecule has 1 heterocycles. The molecule has 3 N–H and O–H groups in total. The quantitative estimate of drug-likeness (QED) is 0.837. The summed E-state index contributed by atoms with van der Waals surface area (Å²) in [5.74, 6) is 0.741. The van der Waals surface area contributed by atoms with Gasteiger partial charge in [0, 0.05) is 18.1 Å². The van der Waals surface area contributed by atoms with E-state index in [0.29, 0.717) is 12.3 Å². The highest BCUT2D eigenvalue weighted by Crippen LogP contribution is 2.15. The smallest absolute Gasteiger partial charge is 0.316 e. The lowest BCUT2D eigenvalue weighted by Crippen LogP contribution is -2.19. The summed E-state index contributed by atoms with van der Waals surface area (Å²) in [7, 11) is 0. The summed E-state index contributed by atoms with van der Waals surface area (Å²) in [4.78, 5) is 14.6. The fourth-order valence-corrected chi connectivity index (χ4v) is 1.46. The van der Waals surface area contributed by atoms with Gasteiger partial charge in [-0.3, -0.25) is 0 Å². The lowest BCUT2D eigenvalue weighted by Gasteiger charge is -2.07. The summed E-state index contributed by atoms with van der Waals surface area (Å²) in [6.07, 6.45) is 5.34. The molecule has 0 bridgehead atoms. The number of anilines is 1. The largest absolute Gasteiger partial charge is 0.492 e. The van der Waals surface area contributed by atoms with Crippen LogP contribution in [0, 0.1) is 0 Å². The Kier molecular flexibility index (Phi) is 3.80. The molecule has 0 aliphatic carbocycles. The number of hydrogen-bond donors (Lipinski definition) is 2. The Balaban J connectivity index is 1.81. The van der Waals surface area contributed by atoms with E-state index in [1.165, 1.54) is 0 Å². The fraction of sp³-hybridized carbons (Fsp3) is 0.167. The maximum Gasteiger partial charge on any atom is 0.316 e. The molecule has 2 rings (SSSR count). The van der Waals surface area contributed by atoms with Gasteiger partial charge in [0.2, 0.25) is 0 Å². The molecule has 6 nitrogen and oxygen atoms in total. The van der Waals surface area contributed by atoms with Gasteiger partial charge < -0.3 is 20.4 Å². The number of carbonyl (C=O) groups excluding carboxylic acids is 1. The van der Waals surface area contributed by atoms with Crippen LogP contribution in [-0.2, 0) is 6.54 Å². The first-order chi connectivity index (χ1) is 8.74. The number of carbonyl (C=O) groups is 1. The summed E-state index contributed by atoms with van der Waals surface area (Å²) in [5, 5.41) is 2.48. The van der Waals surface area contributed by atoms with Crippen LogP contribution in [0.1, 0.15) is 0 Å². The second kappa shape index (κ2) is 5.72. The van der Waals surface area contributed by atoms with E-state index in [4.69, 9.17) is 10.5 Å². The van der Waals surface area contributed by atoms with Crippen molar-refractivity contribution in [3.8, 4) is 5.75 Å². The highest BCUT2D eigenvalue weighted by molar-refractivity contribution is 5.87. The Morgan fingerprint density at radius 1 is 1.39 bits per heavy atom. The first-order valence-corrected chi connectivity index (χ1v) is 5.49. The van der Waals surface area contributed by atoms with E-state index in [2.05, 4.69) is 10.3 Å². The lowest BCUT2D eigenvalue weighted by atomic mass is 10.3. The first kappa shape index (κ1) is 12.0. The maximum atomic E-state index is 10.6. The zero-order valence-electron chi connectivity index (χ0n) is 9.74. The highest BCUT2D eigenvalue weighted by atomic mass is 16.5. The average Bonchev–Trinajstić information content (AvgIpc) is 2.84. The number of aromatic nitrogens is 2. The van der Waals surface area contributed by atoms with Crippen molar-refractivity contribution >= 4 is 11.7 Å². The zero-order valence-corrected chi connectivity index (χ0v) is 9.74. The van der Waals surface area contributed by atoms with Crippen molar-refractivity contribution in [3.63, 3.8) is 0 Å². The van der Waals surface area contributed by atoms with Crippen LogP contribution in [0.4, 0.5) is 10.5 Å². The van der Waals surface area contributed by atoms with Crippen molar-refractivity contribution in [2.75, 3.05) is 11.9 Å². The Morgan fingerprint density at radius 3 is 2.78 bits per heavy atom. The Labute approximate surface area is 104 Å². The standard InChI is InChI=1S/C12H14N4O2/c13-12(17)15-10-1-3-11(4-2-10)18-8-7-16-6-5-14-9-16/h1-6,9H,7-8H2,(H3,13,15,17). The molecule has 0 radical (unpaired) electrons. The molecule has 1 aromatic heterocycles. The third-order valence-electron chi connectivity index (χ3n) is 2.30. The minimum atomic E-state index is -0.580. The van der Waals surface area contributed by atoms with E-state index < -0.39 is 6.03 Å². The van der Waals surface area contributed by atoms with Crippen molar-refractivity contribution in [2.45, 2.75) is 6.54 Å². The van der Waals surface area contributed by atoms with Gasteiger partial charge in [0.15, 0.2) is 0 Å². The van der Waals surface area contributed by atoms with Gasteiger partial charge in [-0.05, 0) is 24.3 Å². The molecule has 94 valence electrons. The van der Waals surface area contributed by atoms with Crippen molar-refractivity contribution in [1.82, 2.24) is 9.55 Å². The van der Waals surface area contributed by atoms with E-state index in [1.807, 2.05) is 10.8 Å². The molecule has 0 spiro atoms. The topological polar surface area (TPSA) is 82.2 Å². The molecule has 0 saturated heterocycles. The van der Waals surface area contributed by atoms with Crippen LogP contribution in [0.2, 0.25) is 0 Å². The van der Waals surface area contributed by atoms with Crippen molar-refractivity contribution in [2.24, 2.45) is 5.73 Å². The second-order valence-corrected chi connectivity index (χ2v) is 3.66. The van der Waals surface area contributed by atoms with Gasteiger partial charge in [-0.15, -0.1) is 0 Å². The van der Waals surface area contributed by atoms with Crippen LogP contribution < -0.4 is 15.8 Å². The number of nitrogens with two attached hydrogens (primary N) is 1. The molecule has 0 atom stereocenters. The van der Waals surface area contributed by atoms with Crippen molar-refractivity contribution in [1.29, 1.82) is 0 Å². The minimum absolute atomic E-state index is 0.555. The Hall–Kier alpha value is -2.50. The Bertz CT molecular complexity index is 493. The molecule has 6 heteroatoms. The molecule has 2 amide bonds. The average molecular weight is 246 g/mol. The molecule has 0 aliphatic heterocycles. The number of imidazole rings is 1. The third-order valence-corrected chi connectivity index (χ3v) is 2.30. The van der Waals surface area contributed by atoms with Gasteiger partial charge in [-0.1, -0.05) is 0 Å². The van der Waals surface area contributed by atoms with E-state index in [1.54, 1.807) is 36.8 Å². The van der Waals surface area contributed by atoms with E-state index in [-0.39, 0.29) is 0 Å². The predicted octanol–water partition coefficient (Wildman–Crippen LogP) is 1.45. The summed E-state index contributed by atoms with van der Waals surface area (Å²) >= 11 is 0. The molecule has 18 heavy (non-hydrogen) atoms. The molecule has 0 saturated carbocycles. The SMILES string of the molecule is NC(=O)Nc1ccc(OCCn2ccnc2)cc1. The van der Waals surface area contributed by atoms with Crippen LogP contribution in [0.3, 0.4) is 0 Å². The van der Waals surface area contributed by atoms with Gasteiger partial charge in [0.25, 0.3) is 0 Å². The van der Waals surface area contributed by atoms with E-state index in [0.717, 1.165) is 12.3 Å². The van der Waals surface area contributed by atoms with Crippen LogP contribution in [0.25, 0.3) is 0 Å². The monoisotopic (exact) mass is 246 g/mol. The van der Waals surface area contributed by atoms with Gasteiger partial charge in [-0.2, -0.15) is 0 Å². The van der Waals surface area contributed by atoms with Crippen LogP contribution in [0.5, 0.6) is 5.75 Å². The number of hydrogen-bond acceptors (Lipinski definition) is 3. The second-order valence-electron chi connectivity index (χ2n) is 3.66. The molecule has 0 unspecified atom stereocenters. The number of amides is 2. The molecule has 0 aliphatic rings. The van der Waals surface area contributed by atoms with Gasteiger partial charge in [0.05, 0.1) is 12.9 Å². The summed E-state index contributed by atoms with van der Waals surface area (Å²) in [6, 6.07) is 6.44. The third kappa shape index (κ3) is 3.51. The van der Waals surface area contributed by atoms with Crippen LogP contribution >= 0.6 is 0 Å². The van der Waals surface area contributed by atoms with Crippen LogP contribution in [-0.4, -0.2) is 22.2 Å². The molecular formula is C12H14N4O2. The predicted molar refractivity (Wildman–Crippen MR) is 67.4 cm³/mol. The Morgan fingerprint density at radius 2 is 2.17 bits per heavy atom. The number of rotatable bonds is 5. The highest BCUT2D eigenvalue weighted by Gasteiger charge is 1.97. The zero-order chi connectivity index (χ0) is 12.8. The van der Waals surface area contributed by atoms with E-state index in [9.17, 15) is 4.79 Å². The number of nitrogens with one attached hydrogen (secondary N) is 1. The number of primary amides is 1. The fourth-order valence-electron chi connectivity index (χ4n) is 1.46. The number of nitrogens with zero attached hydrogens (tertiary/aromatic N) is 2. The molecule has 1 aromatic carbocycles. The molecular weight excluding hydrogens is 232 g/mol. The van der Waals surface area contributed by atoms with Gasteiger partial charge in [-0.25, -0.2) is 9.78 Å². The molecule has 2 aromatic rings. The summed E-state index contributed by atoms with van der Waals surface area (Å²) in [6.45, 7) is 1.29. The summed E-state index contributed by atoms with van der Waals surface area (Å²) < 4.78 is 7.48. The van der Waals surface area contributed by atoms with E-state index >= 15 is 0 Å². The maximum absolute atomic E-state index is 10.6. The normalized spacial score (nSPS) is 10.0. The number of benzene rings is 1. The molecule has 0 fully saturated rings. The van der Waals surface area contributed by atoms with Gasteiger partial charge in [0.1, 0.15) is 12.4 Å². The lowest BCUT2D eigenvalue weighted by molar-refractivity contribution is 0.259. The van der Waals surface area contributed by atoms with Crippen molar-refractivity contribution in [3.05, 3.63) is 43.0 Å².